The topological polar surface area (TPSA) is 116 Å². The third-order valence-electron chi connectivity index (χ3n) is 5.10. The summed E-state index contributed by atoms with van der Waals surface area (Å²) >= 11 is 0. The molecule has 3 heterocycles. The third kappa shape index (κ3) is 3.86. The monoisotopic (exact) mass is 368 g/mol. The van der Waals surface area contributed by atoms with E-state index in [2.05, 4.69) is 25.5 Å². The zero-order valence-corrected chi connectivity index (χ0v) is 15.1. The number of aliphatic hydroxyl groups excluding tert-OH is 1. The van der Waals surface area contributed by atoms with Gasteiger partial charge in [-0.05, 0) is 25.0 Å². The van der Waals surface area contributed by atoms with Crippen molar-refractivity contribution in [1.29, 1.82) is 0 Å². The Kier molecular flexibility index (Phi) is 4.91. The van der Waals surface area contributed by atoms with Crippen molar-refractivity contribution < 1.29 is 9.90 Å². The first-order valence-electron chi connectivity index (χ1n) is 9.30. The Bertz CT molecular complexity index is 819. The van der Waals surface area contributed by atoms with Gasteiger partial charge in [-0.15, -0.1) is 0 Å². The van der Waals surface area contributed by atoms with E-state index in [9.17, 15) is 9.90 Å². The second-order valence-electron chi connectivity index (χ2n) is 7.05. The molecule has 8 heteroatoms. The van der Waals surface area contributed by atoms with Gasteiger partial charge in [-0.25, -0.2) is 4.98 Å². The number of carbonyl (C=O) groups excluding carboxylic acids is 1. The summed E-state index contributed by atoms with van der Waals surface area (Å²) in [6.07, 6.45) is 1.77. The van der Waals surface area contributed by atoms with Gasteiger partial charge in [0.25, 0.3) is 5.91 Å². The molecule has 0 bridgehead atoms. The van der Waals surface area contributed by atoms with E-state index in [-0.39, 0.29) is 17.9 Å². The molecule has 1 aromatic carbocycles. The van der Waals surface area contributed by atoms with Crippen LogP contribution in [0.25, 0.3) is 11.3 Å². The van der Waals surface area contributed by atoms with Crippen molar-refractivity contribution in [3.8, 4) is 11.3 Å². The lowest BCUT2D eigenvalue weighted by Crippen LogP contribution is -2.42. The van der Waals surface area contributed by atoms with Crippen LogP contribution in [-0.2, 0) is 0 Å². The third-order valence-corrected chi connectivity index (χ3v) is 5.10. The largest absolute Gasteiger partial charge is 0.390 e. The number of β-amino-alcohol motifs (C(OH)–C–C–N with tert-alkyl or cyclic N) is 1. The number of aliphatic hydroxyl groups is 1. The van der Waals surface area contributed by atoms with Crippen molar-refractivity contribution in [2.24, 2.45) is 0 Å². The molecule has 8 nitrogen and oxygen atoms in total. The molecule has 2 saturated heterocycles. The van der Waals surface area contributed by atoms with Crippen LogP contribution >= 0.6 is 0 Å². The molecule has 0 aliphatic carbocycles. The molecular formula is C19H24N6O2. The van der Waals surface area contributed by atoms with E-state index < -0.39 is 6.10 Å². The minimum absolute atomic E-state index is 0.200. The van der Waals surface area contributed by atoms with Crippen LogP contribution in [0.4, 0.5) is 11.8 Å². The van der Waals surface area contributed by atoms with Gasteiger partial charge in [0.2, 0.25) is 5.95 Å². The lowest BCUT2D eigenvalue weighted by atomic mass is 10.1. The van der Waals surface area contributed by atoms with Gasteiger partial charge in [0.15, 0.2) is 0 Å². The molecule has 0 unspecified atom stereocenters. The summed E-state index contributed by atoms with van der Waals surface area (Å²) in [6.45, 7) is 3.04. The van der Waals surface area contributed by atoms with Gasteiger partial charge >= 0.3 is 0 Å². The Morgan fingerprint density at radius 1 is 1.19 bits per heavy atom. The predicted octanol–water partition coefficient (Wildman–Crippen LogP) is 0.389. The van der Waals surface area contributed by atoms with Crippen molar-refractivity contribution >= 4 is 17.7 Å². The maximum atomic E-state index is 12.4. The summed E-state index contributed by atoms with van der Waals surface area (Å²) in [7, 11) is 0. The Morgan fingerprint density at radius 3 is 2.59 bits per heavy atom. The molecule has 0 saturated carbocycles. The highest BCUT2D eigenvalue weighted by Gasteiger charge is 2.26. The maximum Gasteiger partial charge on any atom is 0.251 e. The zero-order valence-electron chi connectivity index (χ0n) is 15.1. The average Bonchev–Trinajstić information content (AvgIpc) is 3.34. The fourth-order valence-corrected chi connectivity index (χ4v) is 3.57. The van der Waals surface area contributed by atoms with Crippen LogP contribution in [0.3, 0.4) is 0 Å². The van der Waals surface area contributed by atoms with E-state index >= 15 is 0 Å². The minimum atomic E-state index is -0.554. The van der Waals surface area contributed by atoms with Crippen LogP contribution in [0.2, 0.25) is 0 Å². The molecule has 2 aliphatic rings. The molecular weight excluding hydrogens is 344 g/mol. The lowest BCUT2D eigenvalue weighted by Gasteiger charge is -2.17. The van der Waals surface area contributed by atoms with Crippen LogP contribution in [-0.4, -0.2) is 59.3 Å². The van der Waals surface area contributed by atoms with Crippen LogP contribution in [0.1, 0.15) is 23.2 Å². The van der Waals surface area contributed by atoms with Crippen molar-refractivity contribution in [2.45, 2.75) is 25.0 Å². The summed E-state index contributed by atoms with van der Waals surface area (Å²) in [5.41, 5.74) is 8.07. The van der Waals surface area contributed by atoms with E-state index in [0.717, 1.165) is 43.0 Å². The number of nitrogens with two attached hydrogens (primary N) is 1. The summed E-state index contributed by atoms with van der Waals surface area (Å²) in [5.74, 6) is 0.896. The van der Waals surface area contributed by atoms with Gasteiger partial charge in [0, 0.05) is 43.4 Å². The molecule has 0 spiro atoms. The second kappa shape index (κ2) is 7.50. The first-order chi connectivity index (χ1) is 13.1. The van der Waals surface area contributed by atoms with Gasteiger partial charge in [0.05, 0.1) is 17.8 Å². The summed E-state index contributed by atoms with van der Waals surface area (Å²) < 4.78 is 0. The average molecular weight is 368 g/mol. The first-order valence-corrected chi connectivity index (χ1v) is 9.30. The van der Waals surface area contributed by atoms with Gasteiger partial charge in [0.1, 0.15) is 5.82 Å². The lowest BCUT2D eigenvalue weighted by molar-refractivity contribution is 0.0888. The highest BCUT2D eigenvalue weighted by atomic mass is 16.3. The molecule has 5 N–H and O–H groups in total. The molecule has 2 fully saturated rings. The highest BCUT2D eigenvalue weighted by molar-refractivity contribution is 5.95. The highest BCUT2D eigenvalue weighted by Crippen LogP contribution is 2.25. The fraction of sp³-hybridized carbons (Fsp3) is 0.421. The molecule has 142 valence electrons. The number of benzene rings is 1. The first kappa shape index (κ1) is 17.7. The molecule has 27 heavy (non-hydrogen) atoms. The number of hydrogen-bond donors (Lipinski definition) is 4. The van der Waals surface area contributed by atoms with Crippen LogP contribution in [0, 0.1) is 0 Å². The Balaban J connectivity index is 1.51. The van der Waals surface area contributed by atoms with Crippen LogP contribution in [0.5, 0.6) is 0 Å². The molecule has 1 amide bonds. The summed E-state index contributed by atoms with van der Waals surface area (Å²) in [5, 5.41) is 15.7. The number of carbonyl (C=O) groups is 1. The zero-order chi connectivity index (χ0) is 18.8. The Hall–Kier alpha value is -2.71. The standard InChI is InChI=1S/C19H24N6O2/c20-19-23-14(9-17(24-19)25-7-1-2-8-25)12-3-5-13(6-4-12)18(27)22-15-10-21-11-16(15)26/h3-6,9,15-16,21,26H,1-2,7-8,10-11H2,(H,22,27)(H2,20,23,24)/t15-,16-/m1/s1. The molecule has 0 radical (unpaired) electrons. The predicted molar refractivity (Wildman–Crippen MR) is 103 cm³/mol. The second-order valence-corrected chi connectivity index (χ2v) is 7.05. The maximum absolute atomic E-state index is 12.4. The van der Waals surface area contributed by atoms with E-state index in [1.54, 1.807) is 12.1 Å². The number of anilines is 2. The number of nitrogens with one attached hydrogen (secondary N) is 2. The quantitative estimate of drug-likeness (QED) is 0.617. The molecule has 2 aromatic rings. The molecule has 4 rings (SSSR count). The minimum Gasteiger partial charge on any atom is -0.390 e. The van der Waals surface area contributed by atoms with Gasteiger partial charge in [-0.3, -0.25) is 4.79 Å². The van der Waals surface area contributed by atoms with Crippen molar-refractivity contribution in [3.05, 3.63) is 35.9 Å². The summed E-state index contributed by atoms with van der Waals surface area (Å²) in [4.78, 5) is 23.3. The number of amides is 1. The van der Waals surface area contributed by atoms with Crippen molar-refractivity contribution in [2.75, 3.05) is 36.8 Å². The SMILES string of the molecule is Nc1nc(-c2ccc(C(=O)N[C@@H]3CNC[C@H]3O)cc2)cc(N2CCCC2)n1. The van der Waals surface area contributed by atoms with Crippen molar-refractivity contribution in [3.63, 3.8) is 0 Å². The van der Waals surface area contributed by atoms with Crippen LogP contribution in [0.15, 0.2) is 30.3 Å². The Labute approximate surface area is 157 Å². The van der Waals surface area contributed by atoms with E-state index in [0.29, 0.717) is 18.7 Å². The van der Waals surface area contributed by atoms with Crippen LogP contribution < -0.4 is 21.3 Å². The van der Waals surface area contributed by atoms with E-state index in [4.69, 9.17) is 5.73 Å². The normalized spacial score (nSPS) is 22.2. The number of nitrogen functional groups attached to an aromatic ring is 1. The smallest absolute Gasteiger partial charge is 0.251 e. The molecule has 1 aromatic heterocycles. The number of rotatable bonds is 4. The fourth-order valence-electron chi connectivity index (χ4n) is 3.57. The summed E-state index contributed by atoms with van der Waals surface area (Å²) in [6, 6.07) is 8.90. The number of nitrogens with zero attached hydrogens (tertiary/aromatic N) is 3. The van der Waals surface area contributed by atoms with Crippen molar-refractivity contribution in [1.82, 2.24) is 20.6 Å². The molecule has 2 aliphatic heterocycles. The van der Waals surface area contributed by atoms with E-state index in [1.807, 2.05) is 18.2 Å². The van der Waals surface area contributed by atoms with Gasteiger partial charge < -0.3 is 26.4 Å². The Morgan fingerprint density at radius 2 is 1.93 bits per heavy atom. The number of aromatic nitrogens is 2. The van der Waals surface area contributed by atoms with E-state index in [1.165, 1.54) is 0 Å². The molecule has 2 atom stereocenters. The number of hydrogen-bond acceptors (Lipinski definition) is 7. The van der Waals surface area contributed by atoms with Gasteiger partial charge in [-0.1, -0.05) is 12.1 Å². The van der Waals surface area contributed by atoms with Gasteiger partial charge in [-0.2, -0.15) is 4.98 Å².